The number of carboxylic acids is 4. The topological polar surface area (TPSA) is 275 Å². The van der Waals surface area contributed by atoms with Crippen LogP contribution in [0.5, 0.6) is 0 Å². The first kappa shape index (κ1) is 35.8. The lowest BCUT2D eigenvalue weighted by atomic mass is 10.0. The van der Waals surface area contributed by atoms with E-state index in [0.717, 1.165) is 0 Å². The third-order valence-electron chi connectivity index (χ3n) is 5.72. The quantitative estimate of drug-likeness (QED) is 0.102. The molecule has 4 atom stereocenters. The Kier molecular flexibility index (Phi) is 14.6. The van der Waals surface area contributed by atoms with Gasteiger partial charge in [-0.3, -0.25) is 28.8 Å². The molecule has 0 spiro atoms. The molecule has 43 heavy (non-hydrogen) atoms. The number of hydrogen-bond acceptors (Lipinski definition) is 9. The highest BCUT2D eigenvalue weighted by Gasteiger charge is 2.34. The summed E-state index contributed by atoms with van der Waals surface area (Å²) in [7, 11) is 0. The van der Waals surface area contributed by atoms with E-state index in [4.69, 9.17) is 14.9 Å². The minimum Gasteiger partial charge on any atom is -0.481 e. The van der Waals surface area contributed by atoms with Gasteiger partial charge in [-0.1, -0.05) is 44.2 Å². The molecule has 0 aromatic heterocycles. The van der Waals surface area contributed by atoms with Gasteiger partial charge in [0.25, 0.3) is 0 Å². The molecule has 0 saturated heterocycles. The number of carbonyl (C=O) groups is 8. The lowest BCUT2D eigenvalue weighted by molar-refractivity contribution is -0.147. The fourth-order valence-electron chi connectivity index (χ4n) is 3.52. The van der Waals surface area contributed by atoms with Crippen LogP contribution in [0.3, 0.4) is 0 Å². The highest BCUT2D eigenvalue weighted by atomic mass is 16.5. The smallest absolute Gasteiger partial charge is 0.408 e. The molecule has 17 nitrogen and oxygen atoms in total. The molecule has 1 rings (SSSR count). The van der Waals surface area contributed by atoms with Crippen LogP contribution in [-0.4, -0.2) is 92.3 Å². The fraction of sp³-hybridized carbons (Fsp3) is 0.462. The molecule has 236 valence electrons. The van der Waals surface area contributed by atoms with E-state index in [0.29, 0.717) is 5.56 Å². The van der Waals surface area contributed by atoms with E-state index in [1.165, 1.54) is 13.8 Å². The Morgan fingerprint density at radius 3 is 1.72 bits per heavy atom. The van der Waals surface area contributed by atoms with Crippen LogP contribution in [0.25, 0.3) is 0 Å². The zero-order valence-electron chi connectivity index (χ0n) is 23.3. The van der Waals surface area contributed by atoms with Crippen LogP contribution >= 0.6 is 0 Å². The van der Waals surface area contributed by atoms with Gasteiger partial charge in [-0.15, -0.1) is 0 Å². The zero-order chi connectivity index (χ0) is 32.7. The molecule has 0 aliphatic heterocycles. The first-order valence-electron chi connectivity index (χ1n) is 12.9. The highest BCUT2D eigenvalue weighted by molar-refractivity contribution is 5.96. The number of nitrogens with one attached hydrogen (secondary N) is 4. The van der Waals surface area contributed by atoms with E-state index in [1.54, 1.807) is 30.3 Å². The number of alkyl carbamates (subject to hydrolysis) is 1. The van der Waals surface area contributed by atoms with Crippen molar-refractivity contribution in [1.29, 1.82) is 0 Å². The van der Waals surface area contributed by atoms with E-state index in [-0.39, 0.29) is 6.61 Å². The minimum absolute atomic E-state index is 0.203. The molecular weight excluding hydrogens is 576 g/mol. The van der Waals surface area contributed by atoms with Crippen LogP contribution in [-0.2, 0) is 44.9 Å². The maximum absolute atomic E-state index is 13.1. The number of aliphatic carboxylic acids is 4. The van der Waals surface area contributed by atoms with E-state index >= 15 is 0 Å². The van der Waals surface area contributed by atoms with Crippen molar-refractivity contribution in [3.8, 4) is 0 Å². The van der Waals surface area contributed by atoms with Crippen LogP contribution in [0.1, 0.15) is 45.1 Å². The number of amides is 4. The van der Waals surface area contributed by atoms with Gasteiger partial charge in [-0.05, 0) is 17.9 Å². The molecule has 0 aliphatic rings. The number of rotatable bonds is 18. The Balaban J connectivity index is 3.06. The van der Waals surface area contributed by atoms with Gasteiger partial charge in [0.2, 0.25) is 17.7 Å². The molecule has 8 N–H and O–H groups in total. The summed E-state index contributed by atoms with van der Waals surface area (Å²) in [5.74, 6) is -10.0. The summed E-state index contributed by atoms with van der Waals surface area (Å²) in [6.07, 6.45) is -4.21. The molecule has 1 aromatic rings. The summed E-state index contributed by atoms with van der Waals surface area (Å²) in [5.41, 5.74) is 0.601. The largest absolute Gasteiger partial charge is 0.481 e. The molecule has 17 heteroatoms. The Bertz CT molecular complexity index is 1190. The molecule has 0 heterocycles. The van der Waals surface area contributed by atoms with Gasteiger partial charge in [0.1, 0.15) is 30.8 Å². The second-order valence-electron chi connectivity index (χ2n) is 9.58. The van der Waals surface area contributed by atoms with Crippen LogP contribution in [0, 0.1) is 5.92 Å². The van der Waals surface area contributed by atoms with Gasteiger partial charge in [-0.25, -0.2) is 9.59 Å². The van der Waals surface area contributed by atoms with E-state index in [1.807, 2.05) is 5.32 Å². The van der Waals surface area contributed by atoms with E-state index in [9.17, 15) is 48.6 Å². The number of hydrogen-bond donors (Lipinski definition) is 8. The van der Waals surface area contributed by atoms with E-state index in [2.05, 4.69) is 16.0 Å². The van der Waals surface area contributed by atoms with Crippen molar-refractivity contribution in [3.05, 3.63) is 35.9 Å². The maximum Gasteiger partial charge on any atom is 0.408 e. The van der Waals surface area contributed by atoms with Crippen molar-refractivity contribution in [1.82, 2.24) is 21.3 Å². The van der Waals surface area contributed by atoms with Crippen LogP contribution < -0.4 is 21.3 Å². The van der Waals surface area contributed by atoms with Crippen molar-refractivity contribution in [2.24, 2.45) is 5.92 Å². The molecule has 0 bridgehead atoms. The van der Waals surface area contributed by atoms with Crippen molar-refractivity contribution in [2.45, 2.75) is 70.3 Å². The Labute approximate surface area is 245 Å². The summed E-state index contributed by atoms with van der Waals surface area (Å²) in [6, 6.07) is 1.74. The number of ether oxygens (including phenoxy) is 1. The molecular formula is C26H34N4O13. The van der Waals surface area contributed by atoms with Gasteiger partial charge >= 0.3 is 30.0 Å². The molecule has 0 radical (unpaired) electrons. The number of carbonyl (C=O) groups excluding carboxylic acids is 4. The summed E-state index contributed by atoms with van der Waals surface area (Å²) in [4.78, 5) is 95.9. The van der Waals surface area contributed by atoms with Gasteiger partial charge in [0.15, 0.2) is 0 Å². The van der Waals surface area contributed by atoms with Crippen molar-refractivity contribution < 1.29 is 63.5 Å². The maximum atomic E-state index is 13.1. The molecule has 0 unspecified atom stereocenters. The molecule has 1 aromatic carbocycles. The Morgan fingerprint density at radius 2 is 1.21 bits per heavy atom. The summed E-state index contributed by atoms with van der Waals surface area (Å²) < 4.78 is 5.00. The average molecular weight is 611 g/mol. The van der Waals surface area contributed by atoms with Gasteiger partial charge < -0.3 is 46.4 Å². The Hall–Kier alpha value is -5.22. The van der Waals surface area contributed by atoms with Crippen molar-refractivity contribution in [2.75, 3.05) is 0 Å². The molecule has 0 saturated carbocycles. The summed E-state index contributed by atoms with van der Waals surface area (Å²) in [5, 5.41) is 45.0. The van der Waals surface area contributed by atoms with Gasteiger partial charge in [0.05, 0.1) is 12.8 Å². The van der Waals surface area contributed by atoms with Crippen molar-refractivity contribution in [3.63, 3.8) is 0 Å². The second kappa shape index (κ2) is 17.6. The lowest BCUT2D eigenvalue weighted by Gasteiger charge is -2.27. The van der Waals surface area contributed by atoms with Gasteiger partial charge in [-0.2, -0.15) is 0 Å². The minimum atomic E-state index is -1.82. The lowest BCUT2D eigenvalue weighted by Crippen LogP contribution is -2.59. The van der Waals surface area contributed by atoms with Crippen LogP contribution in [0.4, 0.5) is 4.79 Å². The Morgan fingerprint density at radius 1 is 0.674 bits per heavy atom. The summed E-state index contributed by atoms with van der Waals surface area (Å²) >= 11 is 0. The predicted molar refractivity (Wildman–Crippen MR) is 143 cm³/mol. The molecule has 4 amide bonds. The average Bonchev–Trinajstić information content (AvgIpc) is 2.91. The van der Waals surface area contributed by atoms with Crippen LogP contribution in [0.2, 0.25) is 0 Å². The second-order valence-corrected chi connectivity index (χ2v) is 9.58. The first-order chi connectivity index (χ1) is 20.1. The SMILES string of the molecule is CC(C)[C@H](NC(=O)[C@H](CCC(=O)O)NC(=O)[C@H](CC(=O)O)NC(=O)OCc1ccccc1)C(=O)N[C@@H](CC(=O)O)C(=O)O. The zero-order valence-corrected chi connectivity index (χ0v) is 23.3. The number of carboxylic acid groups (broad SMARTS) is 4. The monoisotopic (exact) mass is 610 g/mol. The fourth-order valence-corrected chi connectivity index (χ4v) is 3.52. The predicted octanol–water partition coefficient (Wildman–Crippen LogP) is -0.709. The van der Waals surface area contributed by atoms with Gasteiger partial charge in [0, 0.05) is 6.42 Å². The highest BCUT2D eigenvalue weighted by Crippen LogP contribution is 2.08. The molecule has 0 aliphatic carbocycles. The molecule has 0 fully saturated rings. The van der Waals surface area contributed by atoms with Crippen molar-refractivity contribution >= 4 is 47.7 Å². The third kappa shape index (κ3) is 13.8. The normalized spacial score (nSPS) is 13.4. The number of benzene rings is 1. The van der Waals surface area contributed by atoms with E-state index < -0.39 is 103 Å². The van der Waals surface area contributed by atoms with Crippen LogP contribution in [0.15, 0.2) is 30.3 Å². The third-order valence-corrected chi connectivity index (χ3v) is 5.72. The standard InChI is InChI=1S/C26H34N4O13/c1-13(2)21(24(39)28-17(25(40)41)11-20(35)36)30-22(37)15(8-9-18(31)32)27-23(38)16(10-19(33)34)29-26(42)43-12-14-6-4-3-5-7-14/h3-7,13,15-17,21H,8-12H2,1-2H3,(H,27,38)(H,28,39)(H,29,42)(H,30,37)(H,31,32)(H,33,34)(H,35,36)(H,40,41)/t15-,16-,17-,21-/m0/s1. The summed E-state index contributed by atoms with van der Waals surface area (Å²) in [6.45, 7) is 2.73. The first-order valence-corrected chi connectivity index (χ1v) is 12.9.